The van der Waals surface area contributed by atoms with Gasteiger partial charge in [-0.2, -0.15) is 0 Å². The number of rotatable bonds is 2. The highest BCUT2D eigenvalue weighted by Crippen LogP contribution is 2.17. The van der Waals surface area contributed by atoms with Crippen molar-refractivity contribution < 1.29 is 0 Å². The maximum Gasteiger partial charge on any atom is 0.189 e. The second-order valence-corrected chi connectivity index (χ2v) is 4.42. The van der Waals surface area contributed by atoms with Crippen LogP contribution in [0.3, 0.4) is 0 Å². The summed E-state index contributed by atoms with van der Waals surface area (Å²) in [5.41, 5.74) is 0. The number of thioether (sulfide) groups is 1. The molecule has 1 N–H and O–H groups in total. The molecule has 1 saturated heterocycles. The molecule has 1 atom stereocenters. The average molecular weight is 224 g/mol. The predicted molar refractivity (Wildman–Crippen MR) is 63.5 cm³/mol. The molecule has 0 spiro atoms. The topological polar surface area (TPSA) is 41.1 Å². The van der Waals surface area contributed by atoms with E-state index in [1.165, 1.54) is 0 Å². The van der Waals surface area contributed by atoms with E-state index in [4.69, 9.17) is 0 Å². The molecule has 1 aliphatic heterocycles. The van der Waals surface area contributed by atoms with Crippen LogP contribution in [0.25, 0.3) is 0 Å². The molecule has 1 aromatic heterocycles. The Morgan fingerprint density at radius 3 is 3.20 bits per heavy atom. The molecule has 0 amide bonds. The normalized spacial score (nSPS) is 21.7. The lowest BCUT2D eigenvalue weighted by molar-refractivity contribution is 0.495. The van der Waals surface area contributed by atoms with E-state index in [1.54, 1.807) is 11.8 Å². The van der Waals surface area contributed by atoms with E-state index >= 15 is 0 Å². The minimum atomic E-state index is 0.503. The van der Waals surface area contributed by atoms with E-state index in [0.29, 0.717) is 6.04 Å². The summed E-state index contributed by atoms with van der Waals surface area (Å²) in [5.74, 6) is 1.04. The van der Waals surface area contributed by atoms with E-state index < -0.39 is 0 Å². The second-order valence-electron chi connectivity index (χ2n) is 3.65. The van der Waals surface area contributed by atoms with Crippen LogP contribution < -0.4 is 10.2 Å². The first kappa shape index (κ1) is 10.7. The molecule has 1 aromatic rings. The number of hydrogen-bond donors (Lipinski definition) is 1. The zero-order valence-corrected chi connectivity index (χ0v) is 9.92. The standard InChI is InChI=1S/C10H16N4S/c1-8-7-11-5-6-14(8)9-3-4-12-10(13-9)15-2/h3-4,8,11H,5-7H2,1-2H3/t8-/m1/s1. The van der Waals surface area contributed by atoms with Crippen molar-refractivity contribution in [1.82, 2.24) is 15.3 Å². The van der Waals surface area contributed by atoms with Crippen LogP contribution in [0.15, 0.2) is 17.4 Å². The molecule has 1 fully saturated rings. The molecule has 0 aliphatic carbocycles. The molecule has 2 rings (SSSR count). The predicted octanol–water partition coefficient (Wildman–Crippen LogP) is 0.997. The maximum atomic E-state index is 4.52. The summed E-state index contributed by atoms with van der Waals surface area (Å²) in [5, 5.41) is 4.22. The smallest absolute Gasteiger partial charge is 0.189 e. The van der Waals surface area contributed by atoms with Crippen molar-refractivity contribution in [3.8, 4) is 0 Å². The Kier molecular flexibility index (Phi) is 3.43. The van der Waals surface area contributed by atoms with Crippen LogP contribution in [0.1, 0.15) is 6.92 Å². The van der Waals surface area contributed by atoms with Gasteiger partial charge in [0.1, 0.15) is 5.82 Å². The Labute approximate surface area is 94.5 Å². The molecule has 2 heterocycles. The third kappa shape index (κ3) is 2.41. The largest absolute Gasteiger partial charge is 0.351 e. The summed E-state index contributed by atoms with van der Waals surface area (Å²) in [6.07, 6.45) is 3.84. The molecule has 0 radical (unpaired) electrons. The van der Waals surface area contributed by atoms with Crippen LogP contribution in [0.2, 0.25) is 0 Å². The van der Waals surface area contributed by atoms with Gasteiger partial charge in [0.05, 0.1) is 0 Å². The fourth-order valence-corrected chi connectivity index (χ4v) is 2.12. The third-order valence-electron chi connectivity index (χ3n) is 2.60. The molecular formula is C10H16N4S. The van der Waals surface area contributed by atoms with Crippen molar-refractivity contribution in [2.45, 2.75) is 18.1 Å². The van der Waals surface area contributed by atoms with E-state index in [2.05, 4.69) is 27.1 Å². The summed E-state index contributed by atoms with van der Waals surface area (Å²) >= 11 is 1.58. The molecule has 5 heteroatoms. The van der Waals surface area contributed by atoms with Gasteiger partial charge in [-0.15, -0.1) is 0 Å². The zero-order valence-electron chi connectivity index (χ0n) is 9.10. The van der Waals surface area contributed by atoms with Gasteiger partial charge in [-0.3, -0.25) is 0 Å². The van der Waals surface area contributed by atoms with Crippen LogP contribution in [0, 0.1) is 0 Å². The van der Waals surface area contributed by atoms with Crippen molar-refractivity contribution in [3.63, 3.8) is 0 Å². The van der Waals surface area contributed by atoms with Gasteiger partial charge < -0.3 is 10.2 Å². The lowest BCUT2D eigenvalue weighted by Gasteiger charge is -2.34. The highest BCUT2D eigenvalue weighted by molar-refractivity contribution is 7.98. The summed E-state index contributed by atoms with van der Waals surface area (Å²) in [6.45, 7) is 5.29. The van der Waals surface area contributed by atoms with Gasteiger partial charge >= 0.3 is 0 Å². The molecule has 82 valence electrons. The van der Waals surface area contributed by atoms with E-state index in [1.807, 2.05) is 18.5 Å². The van der Waals surface area contributed by atoms with E-state index in [9.17, 15) is 0 Å². The van der Waals surface area contributed by atoms with Gasteiger partial charge in [-0.1, -0.05) is 11.8 Å². The molecule has 0 saturated carbocycles. The summed E-state index contributed by atoms with van der Waals surface area (Å²) in [7, 11) is 0. The average Bonchev–Trinajstić information content (AvgIpc) is 2.30. The first-order valence-corrected chi connectivity index (χ1v) is 6.38. The van der Waals surface area contributed by atoms with Crippen molar-refractivity contribution in [1.29, 1.82) is 0 Å². The molecule has 4 nitrogen and oxygen atoms in total. The van der Waals surface area contributed by atoms with Crippen LogP contribution in [0.4, 0.5) is 5.82 Å². The second kappa shape index (κ2) is 4.81. The highest BCUT2D eigenvalue weighted by atomic mass is 32.2. The number of nitrogens with one attached hydrogen (secondary N) is 1. The van der Waals surface area contributed by atoms with Crippen LogP contribution >= 0.6 is 11.8 Å². The van der Waals surface area contributed by atoms with Crippen molar-refractivity contribution >= 4 is 17.6 Å². The first-order chi connectivity index (χ1) is 7.31. The number of piperazine rings is 1. The number of aromatic nitrogens is 2. The number of hydrogen-bond acceptors (Lipinski definition) is 5. The highest BCUT2D eigenvalue weighted by Gasteiger charge is 2.19. The lowest BCUT2D eigenvalue weighted by atomic mass is 10.2. The van der Waals surface area contributed by atoms with Crippen LogP contribution in [-0.2, 0) is 0 Å². The van der Waals surface area contributed by atoms with E-state index in [-0.39, 0.29) is 0 Å². The maximum absolute atomic E-state index is 4.52. The quantitative estimate of drug-likeness (QED) is 0.599. The fourth-order valence-electron chi connectivity index (χ4n) is 1.77. The lowest BCUT2D eigenvalue weighted by Crippen LogP contribution is -2.50. The number of anilines is 1. The minimum absolute atomic E-state index is 0.503. The van der Waals surface area contributed by atoms with Gasteiger partial charge in [0.2, 0.25) is 0 Å². The molecule has 0 bridgehead atoms. The van der Waals surface area contributed by atoms with Crippen molar-refractivity contribution in [2.24, 2.45) is 0 Å². The fraction of sp³-hybridized carbons (Fsp3) is 0.600. The third-order valence-corrected chi connectivity index (χ3v) is 3.16. The van der Waals surface area contributed by atoms with E-state index in [0.717, 1.165) is 30.6 Å². The van der Waals surface area contributed by atoms with Gasteiger partial charge in [-0.25, -0.2) is 9.97 Å². The molecule has 15 heavy (non-hydrogen) atoms. The molecule has 0 aromatic carbocycles. The molecule has 0 unspecified atom stereocenters. The first-order valence-electron chi connectivity index (χ1n) is 5.15. The van der Waals surface area contributed by atoms with Crippen LogP contribution in [-0.4, -0.2) is 41.9 Å². The minimum Gasteiger partial charge on any atom is -0.351 e. The molecular weight excluding hydrogens is 208 g/mol. The Morgan fingerprint density at radius 2 is 2.47 bits per heavy atom. The monoisotopic (exact) mass is 224 g/mol. The Morgan fingerprint density at radius 1 is 1.60 bits per heavy atom. The summed E-state index contributed by atoms with van der Waals surface area (Å²) < 4.78 is 0. The summed E-state index contributed by atoms with van der Waals surface area (Å²) in [6, 6.07) is 2.49. The SMILES string of the molecule is CSc1nccc(N2CCNC[C@H]2C)n1. The van der Waals surface area contributed by atoms with Gasteiger partial charge in [0.25, 0.3) is 0 Å². The van der Waals surface area contributed by atoms with Crippen molar-refractivity contribution in [3.05, 3.63) is 12.3 Å². The van der Waals surface area contributed by atoms with Gasteiger partial charge in [0.15, 0.2) is 5.16 Å². The molecule has 1 aliphatic rings. The van der Waals surface area contributed by atoms with Crippen LogP contribution in [0.5, 0.6) is 0 Å². The zero-order chi connectivity index (χ0) is 10.7. The Bertz CT molecular complexity index is 331. The number of nitrogens with zero attached hydrogens (tertiary/aromatic N) is 3. The Hall–Kier alpha value is -0.810. The van der Waals surface area contributed by atoms with Gasteiger partial charge in [0, 0.05) is 31.9 Å². The summed E-state index contributed by atoms with van der Waals surface area (Å²) in [4.78, 5) is 11.0. The van der Waals surface area contributed by atoms with Gasteiger partial charge in [-0.05, 0) is 19.2 Å². The van der Waals surface area contributed by atoms with Crippen molar-refractivity contribution in [2.75, 3.05) is 30.8 Å². The Balaban J connectivity index is 2.19.